The van der Waals surface area contributed by atoms with E-state index in [2.05, 4.69) is 9.88 Å². The van der Waals surface area contributed by atoms with Gasteiger partial charge in [0.15, 0.2) is 0 Å². The van der Waals surface area contributed by atoms with Gasteiger partial charge in [0.05, 0.1) is 39.7 Å². The van der Waals surface area contributed by atoms with Crippen molar-refractivity contribution in [3.63, 3.8) is 0 Å². The second kappa shape index (κ2) is 8.09. The Labute approximate surface area is 206 Å². The average molecular weight is 481 g/mol. The Balaban J connectivity index is 1.88. The average Bonchev–Trinajstić information content (AvgIpc) is 3.24. The summed E-state index contributed by atoms with van der Waals surface area (Å²) < 4.78 is 19.3. The maximum Gasteiger partial charge on any atom is 0.331 e. The monoisotopic (exact) mass is 480 g/mol. The van der Waals surface area contributed by atoms with Gasteiger partial charge in [-0.05, 0) is 55.3 Å². The molecule has 1 aliphatic rings. The van der Waals surface area contributed by atoms with Crippen molar-refractivity contribution in [2.24, 2.45) is 7.05 Å². The number of aromatic nitrogens is 3. The molecule has 0 saturated carbocycles. The van der Waals surface area contributed by atoms with Crippen LogP contribution in [0.4, 0.5) is 10.1 Å². The number of anilines is 1. The molecule has 0 fully saturated rings. The second-order valence-electron chi connectivity index (χ2n) is 9.20. The van der Waals surface area contributed by atoms with Gasteiger partial charge in [0.2, 0.25) is 0 Å². The molecule has 180 valence electrons. The van der Waals surface area contributed by atoms with Crippen LogP contribution in [-0.4, -0.2) is 13.7 Å². The predicted octanol–water partition coefficient (Wildman–Crippen LogP) is 5.14. The van der Waals surface area contributed by atoms with Crippen LogP contribution in [0.5, 0.6) is 0 Å². The number of benzene rings is 3. The number of hydrogen-bond acceptors (Lipinski definition) is 3. The fourth-order valence-electron chi connectivity index (χ4n) is 5.42. The van der Waals surface area contributed by atoms with Crippen molar-refractivity contribution in [1.82, 2.24) is 13.7 Å². The van der Waals surface area contributed by atoms with E-state index < -0.39 is 6.04 Å². The summed E-state index contributed by atoms with van der Waals surface area (Å²) in [6.07, 6.45) is 0. The van der Waals surface area contributed by atoms with Gasteiger partial charge in [0.25, 0.3) is 5.56 Å². The van der Waals surface area contributed by atoms with E-state index in [-0.39, 0.29) is 23.6 Å². The third kappa shape index (κ3) is 3.09. The number of halogens is 1. The van der Waals surface area contributed by atoms with E-state index in [9.17, 15) is 14.0 Å². The Morgan fingerprint density at radius 3 is 2.50 bits per heavy atom. The van der Waals surface area contributed by atoms with E-state index in [0.29, 0.717) is 16.5 Å². The van der Waals surface area contributed by atoms with Crippen LogP contribution in [0.3, 0.4) is 0 Å². The Morgan fingerprint density at radius 2 is 1.75 bits per heavy atom. The van der Waals surface area contributed by atoms with E-state index >= 15 is 0 Å². The summed E-state index contributed by atoms with van der Waals surface area (Å²) in [6.45, 7) is 4.07. The maximum absolute atomic E-state index is 14.4. The number of rotatable bonds is 3. The van der Waals surface area contributed by atoms with Crippen LogP contribution >= 0.6 is 0 Å². The molecule has 0 saturated heterocycles. The van der Waals surface area contributed by atoms with Crippen LogP contribution in [0, 0.1) is 12.7 Å². The van der Waals surface area contributed by atoms with Crippen LogP contribution in [0.25, 0.3) is 27.8 Å². The fourth-order valence-corrected chi connectivity index (χ4v) is 5.42. The Bertz CT molecular complexity index is 1790. The minimum atomic E-state index is -0.487. The first-order chi connectivity index (χ1) is 17.4. The molecule has 36 heavy (non-hydrogen) atoms. The van der Waals surface area contributed by atoms with Gasteiger partial charge >= 0.3 is 5.69 Å². The van der Waals surface area contributed by atoms with Crippen molar-refractivity contribution in [3.8, 4) is 16.9 Å². The van der Waals surface area contributed by atoms with Crippen molar-refractivity contribution in [2.45, 2.75) is 26.4 Å². The lowest BCUT2D eigenvalue weighted by Crippen LogP contribution is -2.38. The third-order valence-electron chi connectivity index (χ3n) is 7.00. The van der Waals surface area contributed by atoms with Gasteiger partial charge in [-0.2, -0.15) is 0 Å². The van der Waals surface area contributed by atoms with Crippen LogP contribution in [0.2, 0.25) is 0 Å². The standard InChI is InChI=1S/C29H25FN4O2/c1-4-33-28(35)23-25(19-11-7-9-17(2)15-19)34-22-14-6-5-13-21(22)31-24(18-10-8-12-20(30)16-18)27(34)26(23)32(3)29(33)36/h5-16,24,31H,4H2,1-3H3. The predicted molar refractivity (Wildman–Crippen MR) is 140 cm³/mol. The largest absolute Gasteiger partial charge is 0.371 e. The van der Waals surface area contributed by atoms with Gasteiger partial charge < -0.3 is 9.88 Å². The highest BCUT2D eigenvalue weighted by Gasteiger charge is 2.35. The molecular formula is C29H25FN4O2. The number of nitrogens with one attached hydrogen (secondary N) is 1. The Kier molecular flexibility index (Phi) is 4.96. The molecule has 0 amide bonds. The number of aryl methyl sites for hydroxylation is 2. The Hall–Kier alpha value is -4.39. The van der Waals surface area contributed by atoms with Gasteiger partial charge in [0.1, 0.15) is 5.82 Å². The smallest absolute Gasteiger partial charge is 0.331 e. The summed E-state index contributed by atoms with van der Waals surface area (Å²) in [7, 11) is 1.69. The summed E-state index contributed by atoms with van der Waals surface area (Å²) >= 11 is 0. The summed E-state index contributed by atoms with van der Waals surface area (Å²) in [4.78, 5) is 27.2. The summed E-state index contributed by atoms with van der Waals surface area (Å²) in [6, 6.07) is 21.8. The molecule has 1 atom stereocenters. The van der Waals surface area contributed by atoms with Crippen molar-refractivity contribution >= 4 is 16.6 Å². The quantitative estimate of drug-likeness (QED) is 0.389. The lowest BCUT2D eigenvalue weighted by Gasteiger charge is -2.31. The highest BCUT2D eigenvalue weighted by atomic mass is 19.1. The van der Waals surface area contributed by atoms with Gasteiger partial charge in [-0.1, -0.05) is 48.0 Å². The molecule has 6 rings (SSSR count). The molecule has 3 aromatic carbocycles. The molecule has 0 spiro atoms. The van der Waals surface area contributed by atoms with Crippen molar-refractivity contribution < 1.29 is 4.39 Å². The number of para-hydroxylation sites is 2. The van der Waals surface area contributed by atoms with E-state index in [0.717, 1.165) is 33.9 Å². The molecule has 1 N–H and O–H groups in total. The minimum absolute atomic E-state index is 0.261. The van der Waals surface area contributed by atoms with Crippen molar-refractivity contribution in [1.29, 1.82) is 0 Å². The SMILES string of the molecule is CCn1c(=O)c2c(-c3cccc(C)c3)n3c(c2n(C)c1=O)C(c1cccc(F)c1)Nc1ccccc1-3. The zero-order valence-electron chi connectivity index (χ0n) is 20.2. The zero-order valence-corrected chi connectivity index (χ0v) is 20.2. The lowest BCUT2D eigenvalue weighted by molar-refractivity contribution is 0.623. The highest BCUT2D eigenvalue weighted by molar-refractivity contribution is 5.99. The number of hydrogen-bond donors (Lipinski definition) is 1. The molecule has 2 aromatic heterocycles. The summed E-state index contributed by atoms with van der Waals surface area (Å²) in [5, 5.41) is 4.02. The van der Waals surface area contributed by atoms with Crippen LogP contribution in [-0.2, 0) is 13.6 Å². The molecule has 1 unspecified atom stereocenters. The van der Waals surface area contributed by atoms with E-state index in [1.165, 1.54) is 16.7 Å². The first-order valence-corrected chi connectivity index (χ1v) is 12.0. The third-order valence-corrected chi connectivity index (χ3v) is 7.00. The molecule has 0 bridgehead atoms. The van der Waals surface area contributed by atoms with Crippen LogP contribution < -0.4 is 16.6 Å². The van der Waals surface area contributed by atoms with Gasteiger partial charge in [-0.15, -0.1) is 0 Å². The van der Waals surface area contributed by atoms with E-state index in [4.69, 9.17) is 0 Å². The topological polar surface area (TPSA) is 61.0 Å². The number of nitrogens with zero attached hydrogens (tertiary/aromatic N) is 3. The molecule has 0 aliphatic carbocycles. The van der Waals surface area contributed by atoms with E-state index in [1.807, 2.05) is 61.5 Å². The molecule has 0 radical (unpaired) electrons. The first kappa shape index (κ1) is 22.1. The lowest BCUT2D eigenvalue weighted by atomic mass is 9.99. The molecule has 7 heteroatoms. The van der Waals surface area contributed by atoms with Crippen molar-refractivity contribution in [3.05, 3.63) is 116 Å². The number of fused-ring (bicyclic) bond motifs is 5. The second-order valence-corrected chi connectivity index (χ2v) is 9.20. The molecule has 6 nitrogen and oxygen atoms in total. The van der Waals surface area contributed by atoms with Crippen molar-refractivity contribution in [2.75, 3.05) is 5.32 Å². The van der Waals surface area contributed by atoms with Gasteiger partial charge in [-0.3, -0.25) is 13.9 Å². The zero-order chi connectivity index (χ0) is 25.1. The first-order valence-electron chi connectivity index (χ1n) is 12.0. The van der Waals surface area contributed by atoms with Crippen LogP contribution in [0.1, 0.15) is 29.8 Å². The van der Waals surface area contributed by atoms with Crippen LogP contribution in [0.15, 0.2) is 82.4 Å². The molecular weight excluding hydrogens is 455 g/mol. The normalized spacial score (nSPS) is 14.4. The maximum atomic E-state index is 14.4. The molecule has 1 aliphatic heterocycles. The fraction of sp³-hybridized carbons (Fsp3) is 0.172. The van der Waals surface area contributed by atoms with Gasteiger partial charge in [-0.25, -0.2) is 9.18 Å². The molecule has 3 heterocycles. The highest BCUT2D eigenvalue weighted by Crippen LogP contribution is 2.45. The Morgan fingerprint density at radius 1 is 0.972 bits per heavy atom. The van der Waals surface area contributed by atoms with Gasteiger partial charge in [0, 0.05) is 13.6 Å². The molecule has 5 aromatic rings. The summed E-state index contributed by atoms with van der Waals surface area (Å²) in [5.41, 5.74) is 5.64. The van der Waals surface area contributed by atoms with E-state index in [1.54, 1.807) is 24.6 Å². The summed E-state index contributed by atoms with van der Waals surface area (Å²) in [5.74, 6) is -0.350. The minimum Gasteiger partial charge on any atom is -0.371 e.